The smallest absolute Gasteiger partial charge is 0.0578 e. The molecule has 0 saturated carbocycles. The molecule has 2 rings (SSSR count). The largest absolute Gasteiger partial charge is 0.103 e. The van der Waals surface area contributed by atoms with Gasteiger partial charge in [-0.3, -0.25) is 0 Å². The summed E-state index contributed by atoms with van der Waals surface area (Å²) in [6, 6.07) is 10.5. The lowest BCUT2D eigenvalue weighted by atomic mass is 9.96. The highest BCUT2D eigenvalue weighted by Crippen LogP contribution is 2.50. The molecule has 1 aliphatic rings. The van der Waals surface area contributed by atoms with Gasteiger partial charge < -0.3 is 0 Å². The molecule has 2 unspecified atom stereocenters. The van der Waals surface area contributed by atoms with Crippen molar-refractivity contribution < 1.29 is 0 Å². The number of hydrogen-bond donors (Lipinski definition) is 0. The maximum absolute atomic E-state index is 3.98. The van der Waals surface area contributed by atoms with Crippen LogP contribution in [0.5, 0.6) is 0 Å². The topological polar surface area (TPSA) is 0 Å². The monoisotopic (exact) mass is 300 g/mol. The van der Waals surface area contributed by atoms with Crippen molar-refractivity contribution in [1.29, 1.82) is 0 Å². The van der Waals surface area contributed by atoms with Gasteiger partial charge in [0.15, 0.2) is 0 Å². The Hall–Kier alpha value is -1.12. The number of allylic oxidation sites excluding steroid dienone is 4. The minimum absolute atomic E-state index is 0.136. The molecule has 0 radical (unpaired) electrons. The average molecular weight is 300 g/mol. The Bertz CT molecular complexity index is 497. The van der Waals surface area contributed by atoms with Crippen LogP contribution in [0, 0.1) is 0 Å². The Morgan fingerprint density at radius 3 is 2.60 bits per heavy atom. The lowest BCUT2D eigenvalue weighted by Crippen LogP contribution is -2.20. The van der Waals surface area contributed by atoms with Crippen LogP contribution in [0.4, 0.5) is 0 Å². The van der Waals surface area contributed by atoms with Gasteiger partial charge in [0.2, 0.25) is 0 Å². The highest BCUT2D eigenvalue weighted by atomic mass is 33.1. The van der Waals surface area contributed by atoms with E-state index in [1.54, 1.807) is 0 Å². The number of rotatable bonds is 7. The fraction of sp³-hybridized carbons (Fsp3) is 0.222. The first kappa shape index (κ1) is 15.3. The van der Waals surface area contributed by atoms with Gasteiger partial charge in [0, 0.05) is 0 Å². The molecule has 0 saturated heterocycles. The van der Waals surface area contributed by atoms with Crippen molar-refractivity contribution in [2.45, 2.75) is 22.8 Å². The fourth-order valence-corrected chi connectivity index (χ4v) is 5.31. The zero-order valence-electron chi connectivity index (χ0n) is 11.6. The SMILES string of the molecule is C=CCC1(SSC(C=C)c2ccccc2)C=CC=CC1. The summed E-state index contributed by atoms with van der Waals surface area (Å²) in [5.74, 6) is 0. The molecule has 0 spiro atoms. The van der Waals surface area contributed by atoms with Crippen LogP contribution in [0.25, 0.3) is 0 Å². The summed E-state index contributed by atoms with van der Waals surface area (Å²) < 4.78 is 0.136. The molecule has 20 heavy (non-hydrogen) atoms. The van der Waals surface area contributed by atoms with Crippen molar-refractivity contribution in [3.63, 3.8) is 0 Å². The molecule has 1 aromatic carbocycles. The van der Waals surface area contributed by atoms with Gasteiger partial charge in [0.25, 0.3) is 0 Å². The Kier molecular flexibility index (Phi) is 5.81. The lowest BCUT2D eigenvalue weighted by molar-refractivity contribution is 0.733. The van der Waals surface area contributed by atoms with Crippen molar-refractivity contribution >= 4 is 21.6 Å². The Morgan fingerprint density at radius 2 is 2.00 bits per heavy atom. The van der Waals surface area contributed by atoms with Crippen LogP contribution in [0.1, 0.15) is 23.7 Å². The predicted molar refractivity (Wildman–Crippen MR) is 95.0 cm³/mol. The maximum Gasteiger partial charge on any atom is 0.0578 e. The molecule has 2 atom stereocenters. The summed E-state index contributed by atoms with van der Waals surface area (Å²) in [7, 11) is 3.82. The first-order chi connectivity index (χ1) is 9.79. The summed E-state index contributed by atoms with van der Waals surface area (Å²) in [6.45, 7) is 7.89. The van der Waals surface area contributed by atoms with Crippen LogP contribution in [0.2, 0.25) is 0 Å². The second-order valence-electron chi connectivity index (χ2n) is 4.80. The molecule has 2 heteroatoms. The lowest BCUT2D eigenvalue weighted by Gasteiger charge is -2.30. The van der Waals surface area contributed by atoms with E-state index in [0.717, 1.165) is 12.8 Å². The molecule has 0 aliphatic heterocycles. The summed E-state index contributed by atoms with van der Waals surface area (Å²) >= 11 is 0. The van der Waals surface area contributed by atoms with Crippen LogP contribution < -0.4 is 0 Å². The van der Waals surface area contributed by atoms with Crippen LogP contribution in [0.3, 0.4) is 0 Å². The summed E-state index contributed by atoms with van der Waals surface area (Å²) in [4.78, 5) is 0. The minimum atomic E-state index is 0.136. The van der Waals surface area contributed by atoms with Gasteiger partial charge in [-0.15, -0.1) is 13.2 Å². The molecule has 0 fully saturated rings. The van der Waals surface area contributed by atoms with E-state index in [0.29, 0.717) is 5.25 Å². The van der Waals surface area contributed by atoms with E-state index in [2.05, 4.69) is 67.8 Å². The normalized spacial score (nSPS) is 22.4. The quantitative estimate of drug-likeness (QED) is 0.439. The zero-order valence-corrected chi connectivity index (χ0v) is 13.2. The van der Waals surface area contributed by atoms with E-state index in [1.165, 1.54) is 5.56 Å². The van der Waals surface area contributed by atoms with Gasteiger partial charge in [0.1, 0.15) is 0 Å². The molecule has 0 heterocycles. The first-order valence-corrected chi connectivity index (χ1v) is 8.98. The third-order valence-corrected chi connectivity index (χ3v) is 6.74. The summed E-state index contributed by atoms with van der Waals surface area (Å²) in [5, 5.41) is 0.321. The van der Waals surface area contributed by atoms with Crippen LogP contribution in [-0.2, 0) is 0 Å². The van der Waals surface area contributed by atoms with Gasteiger partial charge in [0.05, 0.1) is 10.00 Å². The molecule has 104 valence electrons. The maximum atomic E-state index is 3.98. The first-order valence-electron chi connectivity index (χ1n) is 6.77. The van der Waals surface area contributed by atoms with Crippen LogP contribution >= 0.6 is 21.6 Å². The Labute approximate surface area is 130 Å². The van der Waals surface area contributed by atoms with E-state index >= 15 is 0 Å². The molecule has 0 nitrogen and oxygen atoms in total. The van der Waals surface area contributed by atoms with Crippen LogP contribution in [-0.4, -0.2) is 4.75 Å². The number of hydrogen-bond acceptors (Lipinski definition) is 2. The summed E-state index contributed by atoms with van der Waals surface area (Å²) in [6.07, 6.45) is 14.9. The van der Waals surface area contributed by atoms with Crippen molar-refractivity contribution in [2.75, 3.05) is 0 Å². The predicted octanol–water partition coefficient (Wildman–Crippen LogP) is 6.13. The molecule has 0 amide bonds. The second kappa shape index (κ2) is 7.61. The van der Waals surface area contributed by atoms with E-state index in [-0.39, 0.29) is 4.75 Å². The van der Waals surface area contributed by atoms with Gasteiger partial charge >= 0.3 is 0 Å². The van der Waals surface area contributed by atoms with Crippen molar-refractivity contribution in [3.05, 3.63) is 85.5 Å². The van der Waals surface area contributed by atoms with Gasteiger partial charge in [-0.25, -0.2) is 0 Å². The zero-order chi connectivity index (χ0) is 14.3. The average Bonchev–Trinajstić information content (AvgIpc) is 2.50. The molecular weight excluding hydrogens is 280 g/mol. The van der Waals surface area contributed by atoms with Crippen LogP contribution in [0.15, 0.2) is 79.9 Å². The van der Waals surface area contributed by atoms with Crippen molar-refractivity contribution in [3.8, 4) is 0 Å². The minimum Gasteiger partial charge on any atom is -0.103 e. The molecular formula is C18H20S2. The molecule has 0 bridgehead atoms. The van der Waals surface area contributed by atoms with Gasteiger partial charge in [-0.1, -0.05) is 88.4 Å². The standard InChI is InChI=1S/C18H20S2/c1-3-13-18(14-9-6-10-15-18)20-19-17(4-2)16-11-7-5-8-12-16/h3-12,14,17H,1-2,13,15H2. The van der Waals surface area contributed by atoms with Gasteiger partial charge in [-0.05, 0) is 18.4 Å². The molecule has 1 aliphatic carbocycles. The third-order valence-electron chi connectivity index (χ3n) is 3.26. The Balaban J connectivity index is 2.05. The van der Waals surface area contributed by atoms with E-state index in [9.17, 15) is 0 Å². The number of benzene rings is 1. The Morgan fingerprint density at radius 1 is 1.20 bits per heavy atom. The second-order valence-corrected chi connectivity index (χ2v) is 7.55. The van der Waals surface area contributed by atoms with Crippen molar-refractivity contribution in [2.24, 2.45) is 0 Å². The third kappa shape index (κ3) is 3.94. The molecule has 1 aromatic rings. The highest BCUT2D eigenvalue weighted by Gasteiger charge is 2.28. The van der Waals surface area contributed by atoms with E-state index in [4.69, 9.17) is 0 Å². The fourth-order valence-electron chi connectivity index (χ4n) is 2.16. The molecule has 0 aromatic heterocycles. The summed E-state index contributed by atoms with van der Waals surface area (Å²) in [5.41, 5.74) is 1.31. The van der Waals surface area contributed by atoms with E-state index < -0.39 is 0 Å². The highest BCUT2D eigenvalue weighted by molar-refractivity contribution is 8.77. The molecule has 0 N–H and O–H groups in total. The van der Waals surface area contributed by atoms with E-state index in [1.807, 2.05) is 33.7 Å². The van der Waals surface area contributed by atoms with Gasteiger partial charge in [-0.2, -0.15) is 0 Å². The van der Waals surface area contributed by atoms with Crippen molar-refractivity contribution in [1.82, 2.24) is 0 Å².